The highest BCUT2D eigenvalue weighted by Gasteiger charge is 2.34. The Labute approximate surface area is 174 Å². The molecule has 7 nitrogen and oxygen atoms in total. The number of nitrogens with zero attached hydrogens (tertiary/aromatic N) is 2. The summed E-state index contributed by atoms with van der Waals surface area (Å²) in [6.45, 7) is -0.162. The number of hydrogen-bond donors (Lipinski definition) is 1. The summed E-state index contributed by atoms with van der Waals surface area (Å²) in [5.74, 6) is -0.732. The molecule has 0 fully saturated rings. The van der Waals surface area contributed by atoms with E-state index in [1.807, 2.05) is 17.5 Å². The molecule has 0 spiro atoms. The van der Waals surface area contributed by atoms with Gasteiger partial charge in [0.05, 0.1) is 11.0 Å². The van der Waals surface area contributed by atoms with Crippen molar-refractivity contribution in [3.8, 4) is 0 Å². The first-order valence-corrected chi connectivity index (χ1v) is 9.88. The Bertz CT molecular complexity index is 1100. The zero-order valence-corrected chi connectivity index (χ0v) is 16.4. The second-order valence-electron chi connectivity index (χ2n) is 6.43. The van der Waals surface area contributed by atoms with Crippen LogP contribution in [0.1, 0.15) is 26.8 Å². The third-order valence-electron chi connectivity index (χ3n) is 4.61. The molecule has 1 N–H and O–H groups in total. The second kappa shape index (κ2) is 7.65. The van der Waals surface area contributed by atoms with Gasteiger partial charge in [-0.1, -0.05) is 17.7 Å². The van der Waals surface area contributed by atoms with Crippen LogP contribution in [0.2, 0.25) is 5.02 Å². The predicted molar refractivity (Wildman–Crippen MR) is 110 cm³/mol. The molecule has 1 aliphatic rings. The average molecular weight is 428 g/mol. The zero-order chi connectivity index (χ0) is 20.5. The minimum atomic E-state index is -0.527. The molecular formula is C20H14ClN3O4S. The maximum Gasteiger partial charge on any atom is 0.269 e. The van der Waals surface area contributed by atoms with Gasteiger partial charge in [0.25, 0.3) is 11.6 Å². The first kappa shape index (κ1) is 19.1. The highest BCUT2D eigenvalue weighted by atomic mass is 35.5. The van der Waals surface area contributed by atoms with Crippen LogP contribution in [0.3, 0.4) is 0 Å². The van der Waals surface area contributed by atoms with Crippen molar-refractivity contribution < 1.29 is 14.5 Å². The summed E-state index contributed by atoms with van der Waals surface area (Å²) in [4.78, 5) is 38.5. The number of nitro benzene ring substituents is 1. The van der Waals surface area contributed by atoms with E-state index in [1.54, 1.807) is 18.2 Å². The Morgan fingerprint density at radius 3 is 2.62 bits per heavy atom. The van der Waals surface area contributed by atoms with Crippen LogP contribution in [-0.2, 0) is 4.79 Å². The maximum absolute atomic E-state index is 13.3. The maximum atomic E-state index is 13.3. The summed E-state index contributed by atoms with van der Waals surface area (Å²) in [7, 11) is 0. The van der Waals surface area contributed by atoms with Crippen molar-refractivity contribution in [2.45, 2.75) is 6.04 Å². The van der Waals surface area contributed by atoms with Crippen LogP contribution in [0.5, 0.6) is 0 Å². The summed E-state index contributed by atoms with van der Waals surface area (Å²) < 4.78 is 0. The van der Waals surface area contributed by atoms with E-state index in [0.717, 1.165) is 4.88 Å². The number of nitrogens with one attached hydrogen (secondary N) is 1. The van der Waals surface area contributed by atoms with Crippen molar-refractivity contribution in [1.82, 2.24) is 4.90 Å². The van der Waals surface area contributed by atoms with Gasteiger partial charge in [-0.25, -0.2) is 0 Å². The second-order valence-corrected chi connectivity index (χ2v) is 7.85. The van der Waals surface area contributed by atoms with Crippen LogP contribution in [-0.4, -0.2) is 28.2 Å². The number of halogens is 1. The van der Waals surface area contributed by atoms with Gasteiger partial charge in [-0.2, -0.15) is 0 Å². The first-order valence-electron chi connectivity index (χ1n) is 8.62. The molecule has 1 unspecified atom stereocenters. The molecule has 0 saturated carbocycles. The molecule has 1 aliphatic heterocycles. The van der Waals surface area contributed by atoms with Crippen molar-refractivity contribution in [3.05, 3.63) is 91.1 Å². The number of rotatable bonds is 3. The fourth-order valence-corrected chi connectivity index (χ4v) is 4.35. The zero-order valence-electron chi connectivity index (χ0n) is 14.9. The van der Waals surface area contributed by atoms with Gasteiger partial charge in [-0.3, -0.25) is 19.7 Å². The molecule has 3 aromatic rings. The van der Waals surface area contributed by atoms with E-state index in [0.29, 0.717) is 16.3 Å². The largest absolute Gasteiger partial charge is 0.324 e. The monoisotopic (exact) mass is 427 g/mol. The summed E-state index contributed by atoms with van der Waals surface area (Å²) in [5, 5.41) is 16.1. The summed E-state index contributed by atoms with van der Waals surface area (Å²) >= 11 is 7.67. The van der Waals surface area contributed by atoms with Crippen LogP contribution in [0.25, 0.3) is 0 Å². The van der Waals surface area contributed by atoms with E-state index >= 15 is 0 Å². The summed E-state index contributed by atoms with van der Waals surface area (Å²) in [6.07, 6.45) is 0. The van der Waals surface area contributed by atoms with E-state index in [2.05, 4.69) is 5.32 Å². The molecule has 2 heterocycles. The van der Waals surface area contributed by atoms with Gasteiger partial charge in [-0.15, -0.1) is 11.3 Å². The molecule has 0 radical (unpaired) electrons. The lowest BCUT2D eigenvalue weighted by Crippen LogP contribution is -2.38. The van der Waals surface area contributed by atoms with Gasteiger partial charge in [0.2, 0.25) is 5.91 Å². The van der Waals surface area contributed by atoms with Gasteiger partial charge < -0.3 is 10.2 Å². The normalized spacial score (nSPS) is 16.0. The average Bonchev–Trinajstić information content (AvgIpc) is 3.18. The van der Waals surface area contributed by atoms with Gasteiger partial charge in [0, 0.05) is 38.8 Å². The standard InChI is InChI=1S/C20H14ClN3O4S/c21-13-5-8-16-15(10-13)19(17-2-1-9-29-17)23(11-18(25)22-16)20(26)12-3-6-14(7-4-12)24(27)28/h1-10,19H,11H2,(H,22,25). The van der Waals surface area contributed by atoms with Gasteiger partial charge in [0.1, 0.15) is 6.54 Å². The smallest absolute Gasteiger partial charge is 0.269 e. The first-order chi connectivity index (χ1) is 13.9. The van der Waals surface area contributed by atoms with Crippen LogP contribution in [0.15, 0.2) is 60.0 Å². The molecule has 0 aliphatic carbocycles. The SMILES string of the molecule is O=C1CN(C(=O)c2ccc([N+](=O)[O-])cc2)C(c2cccs2)c2cc(Cl)ccc2N1. The van der Waals surface area contributed by atoms with Crippen LogP contribution in [0.4, 0.5) is 11.4 Å². The highest BCUT2D eigenvalue weighted by Crippen LogP contribution is 2.39. The minimum absolute atomic E-state index is 0.109. The van der Waals surface area contributed by atoms with Crippen LogP contribution < -0.4 is 5.32 Å². The van der Waals surface area contributed by atoms with E-state index in [9.17, 15) is 19.7 Å². The molecule has 29 heavy (non-hydrogen) atoms. The Hall–Kier alpha value is -3.23. The van der Waals surface area contributed by atoms with Crippen molar-refractivity contribution in [2.75, 3.05) is 11.9 Å². The van der Waals surface area contributed by atoms with E-state index in [1.165, 1.54) is 40.5 Å². The number of hydrogen-bond acceptors (Lipinski definition) is 5. The molecule has 9 heteroatoms. The number of anilines is 1. The summed E-state index contributed by atoms with van der Waals surface area (Å²) in [6, 6.07) is 13.7. The number of thiophene rings is 1. The molecule has 2 aromatic carbocycles. The lowest BCUT2D eigenvalue weighted by atomic mass is 10.0. The van der Waals surface area contributed by atoms with Crippen molar-refractivity contribution in [2.24, 2.45) is 0 Å². The molecule has 2 amide bonds. The molecule has 1 aromatic heterocycles. The Balaban J connectivity index is 1.82. The number of nitro groups is 1. The van der Waals surface area contributed by atoms with Gasteiger partial charge in [-0.05, 0) is 41.8 Å². The lowest BCUT2D eigenvalue weighted by Gasteiger charge is -2.29. The van der Waals surface area contributed by atoms with E-state index in [4.69, 9.17) is 11.6 Å². The van der Waals surface area contributed by atoms with Gasteiger partial charge in [0.15, 0.2) is 0 Å². The molecule has 4 rings (SSSR count). The Kier molecular flexibility index (Phi) is 5.04. The van der Waals surface area contributed by atoms with Crippen LogP contribution >= 0.6 is 22.9 Å². The fourth-order valence-electron chi connectivity index (χ4n) is 3.31. The number of benzene rings is 2. The fraction of sp³-hybridized carbons (Fsp3) is 0.100. The van der Waals surface area contributed by atoms with E-state index < -0.39 is 16.9 Å². The molecule has 146 valence electrons. The minimum Gasteiger partial charge on any atom is -0.324 e. The number of carbonyl (C=O) groups excluding carboxylic acids is 2. The highest BCUT2D eigenvalue weighted by molar-refractivity contribution is 7.10. The third-order valence-corrected chi connectivity index (χ3v) is 5.77. The van der Waals surface area contributed by atoms with Gasteiger partial charge >= 0.3 is 0 Å². The predicted octanol–water partition coefficient (Wildman–Crippen LogP) is 4.49. The van der Waals surface area contributed by atoms with Crippen molar-refractivity contribution >= 4 is 46.1 Å². The lowest BCUT2D eigenvalue weighted by molar-refractivity contribution is -0.384. The van der Waals surface area contributed by atoms with Crippen LogP contribution in [0, 0.1) is 10.1 Å². The molecular weight excluding hydrogens is 414 g/mol. The summed E-state index contributed by atoms with van der Waals surface area (Å²) in [5.41, 5.74) is 1.45. The third kappa shape index (κ3) is 3.72. The topological polar surface area (TPSA) is 92.5 Å². The Morgan fingerprint density at radius 1 is 1.21 bits per heavy atom. The van der Waals surface area contributed by atoms with Crippen molar-refractivity contribution in [3.63, 3.8) is 0 Å². The van der Waals surface area contributed by atoms with Crippen molar-refractivity contribution in [1.29, 1.82) is 0 Å². The number of non-ortho nitro benzene ring substituents is 1. The number of fused-ring (bicyclic) bond motifs is 1. The van der Waals surface area contributed by atoms with E-state index in [-0.39, 0.29) is 23.7 Å². The molecule has 1 atom stereocenters. The molecule has 0 bridgehead atoms. The number of amides is 2. The number of carbonyl (C=O) groups is 2. The molecule has 0 saturated heterocycles. The Morgan fingerprint density at radius 2 is 1.97 bits per heavy atom. The quantitative estimate of drug-likeness (QED) is 0.492.